The van der Waals surface area contributed by atoms with Crippen LogP contribution in [-0.4, -0.2) is 5.11 Å². The molecule has 4 nitrogen and oxygen atoms in total. The van der Waals surface area contributed by atoms with Crippen LogP contribution >= 0.6 is 0 Å². The quantitative estimate of drug-likeness (QED) is 0.830. The highest BCUT2D eigenvalue weighted by Crippen LogP contribution is 2.19. The van der Waals surface area contributed by atoms with Gasteiger partial charge in [0.25, 0.3) is 0 Å². The average molecular weight is 237 g/mol. The Kier molecular flexibility index (Phi) is 3.79. The van der Waals surface area contributed by atoms with Crippen LogP contribution in [0.5, 0.6) is 0 Å². The molecule has 0 bridgehead atoms. The second-order valence-corrected chi connectivity index (χ2v) is 3.68. The minimum absolute atomic E-state index is 0.0209. The molecule has 0 amide bonds. The smallest absolute Gasteiger partial charge is 0.0991 e. The Morgan fingerprint density at radius 1 is 0.889 bits per heavy atom. The number of nitrogens with zero attached hydrogens (tertiary/aromatic N) is 3. The van der Waals surface area contributed by atoms with E-state index in [-0.39, 0.29) is 6.61 Å². The molecule has 0 spiro atoms. The van der Waals surface area contributed by atoms with Gasteiger partial charge in [-0.05, 0) is 42.0 Å². The summed E-state index contributed by atoms with van der Waals surface area (Å²) in [5, 5.41) is 25.7. The van der Waals surface area contributed by atoms with Gasteiger partial charge >= 0.3 is 0 Å². The van der Waals surface area contributed by atoms with Gasteiger partial charge < -0.3 is 5.11 Å². The number of benzene rings is 2. The molecule has 0 atom stereocenters. The second kappa shape index (κ2) is 5.71. The van der Waals surface area contributed by atoms with Crippen molar-refractivity contribution in [3.05, 3.63) is 59.7 Å². The van der Waals surface area contributed by atoms with Crippen LogP contribution in [-0.2, 0) is 6.61 Å². The number of aliphatic hydroxyl groups excluding tert-OH is 1. The average Bonchev–Trinajstić information content (AvgIpc) is 2.46. The molecule has 1 N–H and O–H groups in total. The summed E-state index contributed by atoms with van der Waals surface area (Å²) in [5.41, 5.74) is 2.85. The highest BCUT2D eigenvalue weighted by Gasteiger charge is 1.93. The minimum Gasteiger partial charge on any atom is -0.392 e. The lowest BCUT2D eigenvalue weighted by Gasteiger charge is -1.96. The van der Waals surface area contributed by atoms with Crippen molar-refractivity contribution in [3.63, 3.8) is 0 Å². The molecule has 0 saturated carbocycles. The first-order valence-corrected chi connectivity index (χ1v) is 5.43. The van der Waals surface area contributed by atoms with Crippen LogP contribution in [0.1, 0.15) is 11.1 Å². The lowest BCUT2D eigenvalue weighted by Crippen LogP contribution is -1.79. The summed E-state index contributed by atoms with van der Waals surface area (Å²) in [5.74, 6) is 0. The number of hydrogen-bond acceptors (Lipinski definition) is 4. The summed E-state index contributed by atoms with van der Waals surface area (Å²) < 4.78 is 0. The number of nitriles is 1. The lowest BCUT2D eigenvalue weighted by atomic mass is 10.2. The summed E-state index contributed by atoms with van der Waals surface area (Å²) in [6.07, 6.45) is 0. The molecule has 0 radical (unpaired) electrons. The maximum Gasteiger partial charge on any atom is 0.0991 e. The Morgan fingerprint density at radius 2 is 1.39 bits per heavy atom. The van der Waals surface area contributed by atoms with Crippen LogP contribution in [0.2, 0.25) is 0 Å². The molecule has 0 fully saturated rings. The van der Waals surface area contributed by atoms with Crippen molar-refractivity contribution in [2.24, 2.45) is 10.2 Å². The van der Waals surface area contributed by atoms with Gasteiger partial charge in [-0.25, -0.2) is 0 Å². The zero-order chi connectivity index (χ0) is 12.8. The van der Waals surface area contributed by atoms with Crippen molar-refractivity contribution in [1.82, 2.24) is 0 Å². The molecule has 0 saturated heterocycles. The van der Waals surface area contributed by atoms with Gasteiger partial charge in [0.05, 0.1) is 29.6 Å². The molecule has 4 heteroatoms. The van der Waals surface area contributed by atoms with Gasteiger partial charge in [-0.15, -0.1) is 0 Å². The Morgan fingerprint density at radius 3 is 1.83 bits per heavy atom. The fourth-order valence-electron chi connectivity index (χ4n) is 1.39. The molecule has 2 rings (SSSR count). The van der Waals surface area contributed by atoms with Crippen molar-refractivity contribution in [2.45, 2.75) is 6.61 Å². The number of azo groups is 1. The van der Waals surface area contributed by atoms with Crippen LogP contribution in [0.15, 0.2) is 58.8 Å². The van der Waals surface area contributed by atoms with Crippen molar-refractivity contribution >= 4 is 11.4 Å². The molecular formula is C14H11N3O. The van der Waals surface area contributed by atoms with E-state index in [2.05, 4.69) is 10.2 Å². The van der Waals surface area contributed by atoms with Gasteiger partial charge in [0.2, 0.25) is 0 Å². The summed E-state index contributed by atoms with van der Waals surface area (Å²) in [6, 6.07) is 16.1. The van der Waals surface area contributed by atoms with Crippen molar-refractivity contribution in [2.75, 3.05) is 0 Å². The van der Waals surface area contributed by atoms with Crippen LogP contribution in [0.3, 0.4) is 0 Å². The van der Waals surface area contributed by atoms with E-state index in [9.17, 15) is 0 Å². The third kappa shape index (κ3) is 3.00. The molecule has 0 aliphatic carbocycles. The third-order valence-electron chi connectivity index (χ3n) is 2.40. The van der Waals surface area contributed by atoms with Crippen molar-refractivity contribution < 1.29 is 5.11 Å². The second-order valence-electron chi connectivity index (χ2n) is 3.68. The van der Waals surface area contributed by atoms with Gasteiger partial charge in [0.1, 0.15) is 0 Å². The van der Waals surface area contributed by atoms with Crippen molar-refractivity contribution in [1.29, 1.82) is 5.26 Å². The van der Waals surface area contributed by atoms with E-state index in [0.29, 0.717) is 11.3 Å². The third-order valence-corrected chi connectivity index (χ3v) is 2.40. The highest BCUT2D eigenvalue weighted by molar-refractivity contribution is 5.44. The molecule has 0 aliphatic rings. The molecule has 2 aromatic carbocycles. The maximum absolute atomic E-state index is 8.91. The first-order chi connectivity index (χ1) is 8.81. The molecular weight excluding hydrogens is 226 g/mol. The van der Waals surface area contributed by atoms with Gasteiger partial charge in [-0.1, -0.05) is 12.1 Å². The molecule has 0 aliphatic heterocycles. The molecule has 0 unspecified atom stereocenters. The number of aliphatic hydroxyl groups is 1. The normalized spacial score (nSPS) is 10.4. The van der Waals surface area contributed by atoms with Gasteiger partial charge in [-0.3, -0.25) is 0 Å². The summed E-state index contributed by atoms with van der Waals surface area (Å²) >= 11 is 0. The topological polar surface area (TPSA) is 68.7 Å². The highest BCUT2D eigenvalue weighted by atomic mass is 16.3. The first-order valence-electron chi connectivity index (χ1n) is 5.43. The van der Waals surface area contributed by atoms with Gasteiger partial charge in [0.15, 0.2) is 0 Å². The Balaban J connectivity index is 2.11. The zero-order valence-electron chi connectivity index (χ0n) is 9.61. The van der Waals surface area contributed by atoms with E-state index >= 15 is 0 Å². The minimum atomic E-state index is 0.0209. The predicted octanol–water partition coefficient (Wildman–Crippen LogP) is 3.47. The zero-order valence-corrected chi connectivity index (χ0v) is 9.61. The van der Waals surface area contributed by atoms with E-state index < -0.39 is 0 Å². The Hall–Kier alpha value is -2.51. The molecule has 0 heterocycles. The fraction of sp³-hybridized carbons (Fsp3) is 0.0714. The van der Waals surface area contributed by atoms with E-state index in [4.69, 9.17) is 10.4 Å². The SMILES string of the molecule is N#Cc1ccc(/N=N/c2ccc(CO)cc2)cc1. The van der Waals surface area contributed by atoms with E-state index in [0.717, 1.165) is 11.3 Å². The lowest BCUT2D eigenvalue weighted by molar-refractivity contribution is 0.282. The maximum atomic E-state index is 8.91. The number of rotatable bonds is 3. The fourth-order valence-corrected chi connectivity index (χ4v) is 1.39. The summed E-state index contributed by atoms with van der Waals surface area (Å²) in [7, 11) is 0. The first kappa shape index (κ1) is 12.0. The van der Waals surface area contributed by atoms with Crippen LogP contribution in [0, 0.1) is 11.3 Å². The number of hydrogen-bond donors (Lipinski definition) is 1. The Bertz CT molecular complexity index is 580. The van der Waals surface area contributed by atoms with E-state index in [1.165, 1.54) is 0 Å². The molecule has 0 aromatic heterocycles. The van der Waals surface area contributed by atoms with E-state index in [1.807, 2.05) is 6.07 Å². The van der Waals surface area contributed by atoms with Gasteiger partial charge in [-0.2, -0.15) is 15.5 Å². The van der Waals surface area contributed by atoms with Crippen LogP contribution in [0.4, 0.5) is 11.4 Å². The standard InChI is InChI=1S/C14H11N3O/c15-9-11-1-5-13(6-2-11)16-17-14-7-3-12(10-18)4-8-14/h1-8,18H,10H2/b17-16+. The molecule has 18 heavy (non-hydrogen) atoms. The van der Waals surface area contributed by atoms with Crippen molar-refractivity contribution in [3.8, 4) is 6.07 Å². The largest absolute Gasteiger partial charge is 0.392 e. The Labute approximate surface area is 105 Å². The summed E-state index contributed by atoms with van der Waals surface area (Å²) in [4.78, 5) is 0. The summed E-state index contributed by atoms with van der Waals surface area (Å²) in [6.45, 7) is 0.0209. The molecule has 2 aromatic rings. The molecule has 88 valence electrons. The van der Waals surface area contributed by atoms with E-state index in [1.54, 1.807) is 48.5 Å². The monoisotopic (exact) mass is 237 g/mol. The van der Waals surface area contributed by atoms with Crippen LogP contribution < -0.4 is 0 Å². The van der Waals surface area contributed by atoms with Crippen LogP contribution in [0.25, 0.3) is 0 Å². The predicted molar refractivity (Wildman–Crippen MR) is 67.7 cm³/mol. The van der Waals surface area contributed by atoms with Gasteiger partial charge in [0, 0.05) is 0 Å².